The Balaban J connectivity index is 2.74. The molecule has 2 rings (SSSR count). The summed E-state index contributed by atoms with van der Waals surface area (Å²) < 4.78 is 19.7. The third-order valence-electron chi connectivity index (χ3n) is 3.40. The zero-order valence-electron chi connectivity index (χ0n) is 11.9. The van der Waals surface area contributed by atoms with E-state index in [2.05, 4.69) is 10.2 Å². The van der Waals surface area contributed by atoms with Crippen molar-refractivity contribution in [2.24, 2.45) is 11.5 Å². The van der Waals surface area contributed by atoms with Crippen LogP contribution in [0.5, 0.6) is 5.75 Å². The number of rotatable bonds is 5. The van der Waals surface area contributed by atoms with Gasteiger partial charge in [0.05, 0.1) is 18.1 Å². The first kappa shape index (κ1) is 15.7. The number of hydrogen-bond donors (Lipinski definition) is 4. The monoisotopic (exact) mass is 310 g/mol. The number of hydrogen-bond acceptors (Lipinski definition) is 5. The number of aliphatic carboxylic acids is 1. The van der Waals surface area contributed by atoms with Gasteiger partial charge < -0.3 is 21.3 Å². The van der Waals surface area contributed by atoms with E-state index in [1.54, 1.807) is 0 Å². The number of nitrogens with one attached hydrogen (secondary N) is 1. The van der Waals surface area contributed by atoms with Crippen molar-refractivity contribution in [3.05, 3.63) is 22.6 Å². The largest absolute Gasteiger partial charge is 0.494 e. The highest BCUT2D eigenvalue weighted by atomic mass is 19.1. The molecule has 118 valence electrons. The van der Waals surface area contributed by atoms with Crippen LogP contribution < -0.4 is 16.2 Å². The number of aromatic nitrogens is 2. The summed E-state index contributed by atoms with van der Waals surface area (Å²) in [6.07, 6.45) is -0.152. The number of carboxylic acid groups (broad SMARTS) is 1. The molecule has 1 unspecified atom stereocenters. The van der Waals surface area contributed by atoms with Gasteiger partial charge in [-0.2, -0.15) is 5.10 Å². The lowest BCUT2D eigenvalue weighted by molar-refractivity contribution is -0.138. The summed E-state index contributed by atoms with van der Waals surface area (Å²) in [5.41, 5.74) is 10.9. The average molecular weight is 310 g/mol. The number of H-pyrrole nitrogens is 1. The summed E-state index contributed by atoms with van der Waals surface area (Å²) in [6, 6.07) is -1.22. The van der Waals surface area contributed by atoms with Crippen LogP contribution in [0.15, 0.2) is 0 Å². The lowest BCUT2D eigenvalue weighted by atomic mass is 10.00. The van der Waals surface area contributed by atoms with Crippen LogP contribution in [-0.2, 0) is 11.2 Å². The second-order valence-corrected chi connectivity index (χ2v) is 4.79. The van der Waals surface area contributed by atoms with E-state index in [0.29, 0.717) is 0 Å². The van der Waals surface area contributed by atoms with Crippen LogP contribution in [0, 0.1) is 12.7 Å². The van der Waals surface area contributed by atoms with E-state index in [4.69, 9.17) is 21.3 Å². The number of fused-ring (bicyclic) bond motifs is 1. The Labute approximate surface area is 124 Å². The van der Waals surface area contributed by atoms with Crippen LogP contribution >= 0.6 is 0 Å². The van der Waals surface area contributed by atoms with Gasteiger partial charge in [0.2, 0.25) is 0 Å². The molecule has 0 saturated carbocycles. The fourth-order valence-corrected chi connectivity index (χ4v) is 2.32. The molecule has 0 radical (unpaired) electrons. The van der Waals surface area contributed by atoms with Crippen LogP contribution in [0.1, 0.15) is 21.6 Å². The summed E-state index contributed by atoms with van der Waals surface area (Å²) in [6.45, 7) is 1.38. The molecule has 0 aliphatic carbocycles. The number of carbonyl (C=O) groups is 2. The number of amides is 1. The van der Waals surface area contributed by atoms with Gasteiger partial charge in [-0.15, -0.1) is 0 Å². The number of benzene rings is 1. The second-order valence-electron chi connectivity index (χ2n) is 4.79. The van der Waals surface area contributed by atoms with E-state index in [1.807, 2.05) is 0 Å². The smallest absolute Gasteiger partial charge is 0.320 e. The standard InChI is InChI=1S/C13H15FN4O4/c1-4-7(12(16)19)11(22-2)10-8(9(4)14)6(17-18-10)3-5(15)13(20)21/h5H,3,15H2,1-2H3,(H2,16,19)(H,17,18)(H,20,21). The Hall–Kier alpha value is -2.68. The van der Waals surface area contributed by atoms with Crippen LogP contribution in [0.4, 0.5) is 4.39 Å². The Morgan fingerprint density at radius 3 is 2.64 bits per heavy atom. The molecule has 22 heavy (non-hydrogen) atoms. The predicted molar refractivity (Wildman–Crippen MR) is 75.2 cm³/mol. The number of halogens is 1. The average Bonchev–Trinajstić information content (AvgIpc) is 2.85. The number of nitrogens with two attached hydrogens (primary N) is 2. The molecule has 9 heteroatoms. The molecule has 0 bridgehead atoms. The lowest BCUT2D eigenvalue weighted by Crippen LogP contribution is -2.32. The van der Waals surface area contributed by atoms with Gasteiger partial charge in [0, 0.05) is 17.7 Å². The van der Waals surface area contributed by atoms with Crippen molar-refractivity contribution < 1.29 is 23.8 Å². The van der Waals surface area contributed by atoms with Crippen molar-refractivity contribution in [2.75, 3.05) is 7.11 Å². The highest BCUT2D eigenvalue weighted by molar-refractivity contribution is 6.04. The molecule has 6 N–H and O–H groups in total. The molecule has 1 amide bonds. The molecular formula is C13H15FN4O4. The van der Waals surface area contributed by atoms with Crippen molar-refractivity contribution in [3.8, 4) is 5.75 Å². The fraction of sp³-hybridized carbons (Fsp3) is 0.308. The number of ether oxygens (including phenoxy) is 1. The molecule has 1 heterocycles. The van der Waals surface area contributed by atoms with Gasteiger partial charge >= 0.3 is 5.97 Å². The van der Waals surface area contributed by atoms with Gasteiger partial charge in [0.25, 0.3) is 5.91 Å². The number of aromatic amines is 1. The molecule has 0 fully saturated rings. The van der Waals surface area contributed by atoms with Crippen LogP contribution in [0.25, 0.3) is 10.9 Å². The molecule has 0 aliphatic heterocycles. The fourth-order valence-electron chi connectivity index (χ4n) is 2.32. The number of nitrogens with zero attached hydrogens (tertiary/aromatic N) is 1. The number of methoxy groups -OCH3 is 1. The highest BCUT2D eigenvalue weighted by Crippen LogP contribution is 2.35. The summed E-state index contributed by atoms with van der Waals surface area (Å²) in [7, 11) is 1.30. The SMILES string of the molecule is COc1c(C(N)=O)c(C)c(F)c2c(CC(N)C(=O)O)[nH]nc12. The van der Waals surface area contributed by atoms with E-state index < -0.39 is 23.7 Å². The Bertz CT molecular complexity index is 771. The summed E-state index contributed by atoms with van der Waals surface area (Å²) in [5.74, 6) is -2.75. The van der Waals surface area contributed by atoms with Gasteiger partial charge in [-0.05, 0) is 6.92 Å². The van der Waals surface area contributed by atoms with Gasteiger partial charge in [0.15, 0.2) is 5.75 Å². The molecule has 2 aromatic rings. The maximum atomic E-state index is 14.6. The van der Waals surface area contributed by atoms with E-state index >= 15 is 0 Å². The van der Waals surface area contributed by atoms with Crippen molar-refractivity contribution in [3.63, 3.8) is 0 Å². The van der Waals surface area contributed by atoms with E-state index in [-0.39, 0.29) is 39.9 Å². The summed E-state index contributed by atoms with van der Waals surface area (Å²) in [5, 5.41) is 15.3. The van der Waals surface area contributed by atoms with Gasteiger partial charge in [-0.1, -0.05) is 0 Å². The van der Waals surface area contributed by atoms with Gasteiger partial charge in [-0.25, -0.2) is 4.39 Å². The maximum Gasteiger partial charge on any atom is 0.320 e. The first-order chi connectivity index (χ1) is 10.3. The van der Waals surface area contributed by atoms with Crippen molar-refractivity contribution in [1.29, 1.82) is 0 Å². The van der Waals surface area contributed by atoms with Crippen molar-refractivity contribution in [1.82, 2.24) is 10.2 Å². The zero-order chi connectivity index (χ0) is 16.6. The minimum absolute atomic E-state index is 0.00314. The summed E-state index contributed by atoms with van der Waals surface area (Å²) in [4.78, 5) is 22.4. The zero-order valence-corrected chi connectivity index (χ0v) is 11.9. The van der Waals surface area contributed by atoms with E-state index in [9.17, 15) is 14.0 Å². The molecule has 8 nitrogen and oxygen atoms in total. The second kappa shape index (κ2) is 5.60. The lowest BCUT2D eigenvalue weighted by Gasteiger charge is -2.12. The molecule has 1 aromatic carbocycles. The molecule has 1 atom stereocenters. The molecule has 0 aliphatic rings. The number of carbonyl (C=O) groups excluding carboxylic acids is 1. The minimum atomic E-state index is -1.22. The minimum Gasteiger partial charge on any atom is -0.494 e. The highest BCUT2D eigenvalue weighted by Gasteiger charge is 2.26. The van der Waals surface area contributed by atoms with Crippen LogP contribution in [0.2, 0.25) is 0 Å². The number of primary amides is 1. The third kappa shape index (κ3) is 2.35. The number of carboxylic acids is 1. The molecule has 0 spiro atoms. The first-order valence-electron chi connectivity index (χ1n) is 6.30. The van der Waals surface area contributed by atoms with Gasteiger partial charge in [0.1, 0.15) is 17.4 Å². The third-order valence-corrected chi connectivity index (χ3v) is 3.40. The topological polar surface area (TPSA) is 144 Å². The molecule has 0 saturated heterocycles. The summed E-state index contributed by atoms with van der Waals surface area (Å²) >= 11 is 0. The van der Waals surface area contributed by atoms with Crippen molar-refractivity contribution in [2.45, 2.75) is 19.4 Å². The van der Waals surface area contributed by atoms with Crippen molar-refractivity contribution >= 4 is 22.8 Å². The predicted octanol–water partition coefficient (Wildman–Crippen LogP) is 0.0723. The van der Waals surface area contributed by atoms with Gasteiger partial charge in [-0.3, -0.25) is 14.7 Å². The molecule has 1 aromatic heterocycles. The Kier molecular flexibility index (Phi) is 4.00. The van der Waals surface area contributed by atoms with Crippen LogP contribution in [0.3, 0.4) is 0 Å². The van der Waals surface area contributed by atoms with E-state index in [1.165, 1.54) is 14.0 Å². The Morgan fingerprint density at radius 1 is 1.50 bits per heavy atom. The normalized spacial score (nSPS) is 12.4. The Morgan fingerprint density at radius 2 is 2.14 bits per heavy atom. The molecular weight excluding hydrogens is 295 g/mol. The quantitative estimate of drug-likeness (QED) is 0.615. The van der Waals surface area contributed by atoms with E-state index in [0.717, 1.165) is 0 Å². The first-order valence-corrected chi connectivity index (χ1v) is 6.30. The van der Waals surface area contributed by atoms with Crippen LogP contribution in [-0.4, -0.2) is 40.3 Å². The maximum absolute atomic E-state index is 14.6.